The summed E-state index contributed by atoms with van der Waals surface area (Å²) in [6.45, 7) is 4.08. The van der Waals surface area contributed by atoms with E-state index in [1.807, 2.05) is 0 Å². The Morgan fingerprint density at radius 1 is 1.12 bits per heavy atom. The Labute approximate surface area is 151 Å². The molecule has 146 valence electrons. The molecular formula is C16H23FNO7P. The Morgan fingerprint density at radius 3 is 2.04 bits per heavy atom. The highest BCUT2D eigenvalue weighted by Crippen LogP contribution is 2.54. The van der Waals surface area contributed by atoms with E-state index in [-0.39, 0.29) is 36.0 Å². The first-order chi connectivity index (χ1) is 12.2. The van der Waals surface area contributed by atoms with Gasteiger partial charge in [0, 0.05) is 11.6 Å². The van der Waals surface area contributed by atoms with Crippen LogP contribution in [0.4, 0.5) is 10.1 Å². The lowest BCUT2D eigenvalue weighted by atomic mass is 10.1. The van der Waals surface area contributed by atoms with Gasteiger partial charge in [-0.2, -0.15) is 0 Å². The number of ether oxygens (including phenoxy) is 2. The number of anilines is 1. The van der Waals surface area contributed by atoms with Crippen molar-refractivity contribution < 1.29 is 37.1 Å². The molecule has 0 aliphatic heterocycles. The highest BCUT2D eigenvalue weighted by molar-refractivity contribution is 7.55. The van der Waals surface area contributed by atoms with Gasteiger partial charge in [0.1, 0.15) is 0 Å². The molecule has 0 radical (unpaired) electrons. The lowest BCUT2D eigenvalue weighted by Gasteiger charge is -2.21. The first-order valence-corrected chi connectivity index (χ1v) is 9.45. The minimum atomic E-state index is -4.30. The van der Waals surface area contributed by atoms with Crippen molar-refractivity contribution in [2.45, 2.75) is 26.7 Å². The van der Waals surface area contributed by atoms with E-state index in [1.165, 1.54) is 47.1 Å². The van der Waals surface area contributed by atoms with Crippen molar-refractivity contribution in [3.8, 4) is 11.5 Å². The Kier molecular flexibility index (Phi) is 8.20. The number of methoxy groups -OCH3 is 2. The second-order valence-electron chi connectivity index (χ2n) is 5.01. The number of benzene rings is 1. The molecule has 1 atom stereocenters. The van der Waals surface area contributed by atoms with Crippen molar-refractivity contribution in [1.29, 1.82) is 0 Å². The summed E-state index contributed by atoms with van der Waals surface area (Å²) in [5.41, 5.74) is 0.0631. The molecule has 0 heterocycles. The van der Waals surface area contributed by atoms with Crippen LogP contribution >= 0.6 is 7.60 Å². The molecule has 0 saturated heterocycles. The summed E-state index contributed by atoms with van der Waals surface area (Å²) in [6, 6.07) is 2.67. The fourth-order valence-electron chi connectivity index (χ4n) is 2.14. The zero-order valence-electron chi connectivity index (χ0n) is 15.3. The highest BCUT2D eigenvalue weighted by atomic mass is 31.2. The Bertz CT molecular complexity index is 700. The summed E-state index contributed by atoms with van der Waals surface area (Å²) in [4.78, 5) is 24.1. The molecule has 0 saturated carbocycles. The van der Waals surface area contributed by atoms with Gasteiger partial charge in [0.05, 0.1) is 33.1 Å². The number of nitrogens with one attached hydrogen (secondary N) is 1. The lowest BCUT2D eigenvalue weighted by Crippen LogP contribution is -2.26. The molecule has 0 aromatic heterocycles. The lowest BCUT2D eigenvalue weighted by molar-refractivity contribution is -0.118. The Balaban J connectivity index is 3.22. The van der Waals surface area contributed by atoms with Crippen LogP contribution in [-0.2, 0) is 18.4 Å². The highest BCUT2D eigenvalue weighted by Gasteiger charge is 2.42. The molecule has 1 amide bonds. The maximum absolute atomic E-state index is 14.5. The summed E-state index contributed by atoms with van der Waals surface area (Å²) in [5.74, 6) is -3.72. The summed E-state index contributed by atoms with van der Waals surface area (Å²) in [7, 11) is -1.54. The minimum absolute atomic E-state index is 0.0117. The number of carbonyl (C=O) groups is 2. The van der Waals surface area contributed by atoms with Gasteiger partial charge in [-0.1, -0.05) is 0 Å². The van der Waals surface area contributed by atoms with Crippen molar-refractivity contribution in [1.82, 2.24) is 0 Å². The fourth-order valence-corrected chi connectivity index (χ4v) is 3.55. The average molecular weight is 391 g/mol. The quantitative estimate of drug-likeness (QED) is 0.482. The SMILES string of the molecule is CCOP(=O)(OCC)C(F)C(=O)Nc1cc(OC)c(OC)cc1C(C)=O. The van der Waals surface area contributed by atoms with E-state index in [1.54, 1.807) is 0 Å². The van der Waals surface area contributed by atoms with E-state index in [2.05, 4.69) is 5.32 Å². The molecule has 1 aromatic carbocycles. The van der Waals surface area contributed by atoms with Crippen molar-refractivity contribution in [2.24, 2.45) is 0 Å². The van der Waals surface area contributed by atoms with E-state index < -0.39 is 25.2 Å². The van der Waals surface area contributed by atoms with E-state index in [0.29, 0.717) is 0 Å². The standard InChI is InChI=1S/C16H23FNO7P/c1-6-24-26(21,25-7-2)15(17)16(20)18-12-9-14(23-5)13(22-4)8-11(12)10(3)19/h8-9,15H,6-7H2,1-5H3,(H,18,20). The van der Waals surface area contributed by atoms with Crippen molar-refractivity contribution >= 4 is 25.0 Å². The third-order valence-electron chi connectivity index (χ3n) is 3.27. The Hall–Kier alpha value is -1.96. The van der Waals surface area contributed by atoms with Crippen LogP contribution in [-0.4, -0.2) is 45.0 Å². The van der Waals surface area contributed by atoms with Crippen LogP contribution in [0.1, 0.15) is 31.1 Å². The molecule has 0 fully saturated rings. The summed E-state index contributed by atoms with van der Waals surface area (Å²) < 4.78 is 46.8. The maximum Gasteiger partial charge on any atom is 0.374 e. The maximum atomic E-state index is 14.5. The summed E-state index contributed by atoms with van der Waals surface area (Å²) in [6.07, 6.45) is 0. The van der Waals surface area contributed by atoms with Gasteiger partial charge in [-0.3, -0.25) is 14.2 Å². The van der Waals surface area contributed by atoms with Crippen LogP contribution in [0.25, 0.3) is 0 Å². The number of hydrogen-bond acceptors (Lipinski definition) is 7. The van der Waals surface area contributed by atoms with Crippen molar-refractivity contribution in [2.75, 3.05) is 32.8 Å². The molecule has 0 bridgehead atoms. The largest absolute Gasteiger partial charge is 0.493 e. The van der Waals surface area contributed by atoms with Crippen LogP contribution in [0, 0.1) is 0 Å². The molecule has 8 nitrogen and oxygen atoms in total. The Morgan fingerprint density at radius 2 is 1.62 bits per heavy atom. The van der Waals surface area contributed by atoms with E-state index in [4.69, 9.17) is 18.5 Å². The second-order valence-corrected chi connectivity index (χ2v) is 7.06. The molecular weight excluding hydrogens is 368 g/mol. The van der Waals surface area contributed by atoms with Crippen LogP contribution in [0.5, 0.6) is 11.5 Å². The second kappa shape index (κ2) is 9.66. The van der Waals surface area contributed by atoms with E-state index in [0.717, 1.165) is 0 Å². The first-order valence-electron chi connectivity index (χ1n) is 7.84. The monoisotopic (exact) mass is 391 g/mol. The predicted octanol–water partition coefficient (Wildman–Crippen LogP) is 3.41. The van der Waals surface area contributed by atoms with Crippen LogP contribution in [0.2, 0.25) is 0 Å². The smallest absolute Gasteiger partial charge is 0.374 e. The number of Topliss-reactive ketones (excluding diaryl/α,β-unsaturated/α-hetero) is 1. The number of rotatable bonds is 10. The van der Waals surface area contributed by atoms with Crippen molar-refractivity contribution in [3.05, 3.63) is 17.7 Å². The van der Waals surface area contributed by atoms with Gasteiger partial charge >= 0.3 is 7.60 Å². The predicted molar refractivity (Wildman–Crippen MR) is 93.9 cm³/mol. The van der Waals surface area contributed by atoms with Gasteiger partial charge in [-0.25, -0.2) is 4.39 Å². The van der Waals surface area contributed by atoms with Gasteiger partial charge in [-0.15, -0.1) is 0 Å². The topological polar surface area (TPSA) is 100 Å². The van der Waals surface area contributed by atoms with Gasteiger partial charge in [-0.05, 0) is 26.8 Å². The third-order valence-corrected chi connectivity index (χ3v) is 5.30. The van der Waals surface area contributed by atoms with Crippen LogP contribution in [0.15, 0.2) is 12.1 Å². The normalized spacial score (nSPS) is 12.4. The number of halogens is 1. The zero-order chi connectivity index (χ0) is 19.9. The van der Waals surface area contributed by atoms with E-state index in [9.17, 15) is 18.5 Å². The first kappa shape index (κ1) is 22.1. The molecule has 0 aliphatic rings. The molecule has 0 aliphatic carbocycles. The van der Waals surface area contributed by atoms with Crippen LogP contribution in [0.3, 0.4) is 0 Å². The number of ketones is 1. The molecule has 1 N–H and O–H groups in total. The number of carbonyl (C=O) groups excluding carboxylic acids is 2. The molecule has 1 aromatic rings. The summed E-state index contributed by atoms with van der Waals surface area (Å²) >= 11 is 0. The van der Waals surface area contributed by atoms with Gasteiger partial charge in [0.25, 0.3) is 11.8 Å². The molecule has 26 heavy (non-hydrogen) atoms. The molecule has 10 heteroatoms. The van der Waals surface area contributed by atoms with Gasteiger partial charge < -0.3 is 23.8 Å². The third kappa shape index (κ3) is 5.03. The fraction of sp³-hybridized carbons (Fsp3) is 0.500. The average Bonchev–Trinajstić information content (AvgIpc) is 2.60. The van der Waals surface area contributed by atoms with Gasteiger partial charge in [0.15, 0.2) is 17.3 Å². The number of amides is 1. The van der Waals surface area contributed by atoms with E-state index >= 15 is 0 Å². The summed E-state index contributed by atoms with van der Waals surface area (Å²) in [5, 5.41) is 2.24. The van der Waals surface area contributed by atoms with Crippen LogP contribution < -0.4 is 14.8 Å². The molecule has 1 rings (SSSR count). The zero-order valence-corrected chi connectivity index (χ0v) is 16.2. The van der Waals surface area contributed by atoms with Gasteiger partial charge in [0.2, 0.25) is 0 Å². The minimum Gasteiger partial charge on any atom is -0.493 e. The molecule has 0 spiro atoms. The van der Waals surface area contributed by atoms with Crippen molar-refractivity contribution in [3.63, 3.8) is 0 Å². The number of alkyl halides is 1. The molecule has 1 unspecified atom stereocenters. The number of hydrogen-bond donors (Lipinski definition) is 1.